The number of carbonyl (C=O) groups excluding carboxylic acids is 2. The Balaban J connectivity index is 1.39. The summed E-state index contributed by atoms with van der Waals surface area (Å²) in [4.78, 5) is 24.3. The van der Waals surface area contributed by atoms with Crippen LogP contribution in [0, 0.1) is 0 Å². The number of fused-ring (bicyclic) bond motifs is 1. The highest BCUT2D eigenvalue weighted by Crippen LogP contribution is 2.32. The fraction of sp³-hybridized carbons (Fsp3) is 0.0455. The molecule has 0 aliphatic carbocycles. The minimum Gasteiger partial charge on any atom is -0.454 e. The van der Waals surface area contributed by atoms with Crippen molar-refractivity contribution < 1.29 is 23.8 Å². The Hall–Kier alpha value is -4.13. The minimum atomic E-state index is -0.519. The highest BCUT2D eigenvalue weighted by Gasteiger charge is 2.17. The SMILES string of the molecule is O=C(NN=Cc1cccc(OC(=O)c2ccc3c(c2)OCO3)c1)c1ccccc1. The average Bonchev–Trinajstić information content (AvgIpc) is 3.22. The van der Waals surface area contributed by atoms with Crippen molar-refractivity contribution in [1.29, 1.82) is 0 Å². The number of carbonyl (C=O) groups is 2. The number of nitrogens with one attached hydrogen (secondary N) is 1. The van der Waals surface area contributed by atoms with Crippen LogP contribution in [0.5, 0.6) is 17.2 Å². The van der Waals surface area contributed by atoms with E-state index in [1.54, 1.807) is 66.7 Å². The Bertz CT molecular complexity index is 1080. The van der Waals surface area contributed by atoms with Crippen molar-refractivity contribution in [2.75, 3.05) is 6.79 Å². The first kappa shape index (κ1) is 18.2. The van der Waals surface area contributed by atoms with Crippen LogP contribution in [0.1, 0.15) is 26.3 Å². The number of esters is 1. The number of amides is 1. The molecule has 1 amide bonds. The van der Waals surface area contributed by atoms with Crippen LogP contribution in [0.3, 0.4) is 0 Å². The molecule has 0 radical (unpaired) electrons. The normalized spacial score (nSPS) is 12.0. The first-order valence-electron chi connectivity index (χ1n) is 8.79. The molecule has 1 aliphatic rings. The summed E-state index contributed by atoms with van der Waals surface area (Å²) < 4.78 is 15.9. The third-order valence-corrected chi connectivity index (χ3v) is 4.09. The van der Waals surface area contributed by atoms with Crippen molar-refractivity contribution in [2.24, 2.45) is 5.10 Å². The quantitative estimate of drug-likeness (QED) is 0.313. The standard InChI is InChI=1S/C22H16N2O5/c25-21(16-6-2-1-3-7-16)24-23-13-15-5-4-8-18(11-15)29-22(26)17-9-10-19-20(12-17)28-14-27-19/h1-13H,14H2,(H,24,25). The number of nitrogens with zero attached hydrogens (tertiary/aromatic N) is 1. The number of hydrogen-bond donors (Lipinski definition) is 1. The summed E-state index contributed by atoms with van der Waals surface area (Å²) in [5.41, 5.74) is 3.98. The van der Waals surface area contributed by atoms with E-state index in [1.165, 1.54) is 6.21 Å². The molecular weight excluding hydrogens is 372 g/mol. The highest BCUT2D eigenvalue weighted by atomic mass is 16.7. The van der Waals surface area contributed by atoms with E-state index >= 15 is 0 Å². The molecule has 0 unspecified atom stereocenters. The van der Waals surface area contributed by atoms with Crippen LogP contribution in [0.2, 0.25) is 0 Å². The van der Waals surface area contributed by atoms with Gasteiger partial charge in [-0.25, -0.2) is 10.2 Å². The fourth-order valence-electron chi connectivity index (χ4n) is 2.67. The van der Waals surface area contributed by atoms with Crippen LogP contribution in [0.4, 0.5) is 0 Å². The summed E-state index contributed by atoms with van der Waals surface area (Å²) in [6.45, 7) is 0.135. The van der Waals surface area contributed by atoms with Gasteiger partial charge >= 0.3 is 5.97 Å². The lowest BCUT2D eigenvalue weighted by Gasteiger charge is -2.06. The van der Waals surface area contributed by atoms with Crippen LogP contribution in [-0.2, 0) is 0 Å². The maximum absolute atomic E-state index is 12.4. The molecule has 0 fully saturated rings. The molecule has 1 aliphatic heterocycles. The van der Waals surface area contributed by atoms with Crippen LogP contribution < -0.4 is 19.6 Å². The Morgan fingerprint density at radius 1 is 0.897 bits per heavy atom. The summed E-state index contributed by atoms with van der Waals surface area (Å²) >= 11 is 0. The largest absolute Gasteiger partial charge is 0.454 e. The lowest BCUT2D eigenvalue weighted by molar-refractivity contribution is 0.0734. The molecule has 3 aromatic carbocycles. The van der Waals surface area contributed by atoms with Gasteiger partial charge in [0.2, 0.25) is 6.79 Å². The van der Waals surface area contributed by atoms with Gasteiger partial charge < -0.3 is 14.2 Å². The van der Waals surface area contributed by atoms with Crippen molar-refractivity contribution in [3.05, 3.63) is 89.5 Å². The lowest BCUT2D eigenvalue weighted by Crippen LogP contribution is -2.17. The summed E-state index contributed by atoms with van der Waals surface area (Å²) in [7, 11) is 0. The zero-order valence-corrected chi connectivity index (χ0v) is 15.2. The zero-order chi connectivity index (χ0) is 20.1. The zero-order valence-electron chi connectivity index (χ0n) is 15.2. The molecule has 29 heavy (non-hydrogen) atoms. The summed E-state index contributed by atoms with van der Waals surface area (Å²) in [6, 6.07) is 20.4. The van der Waals surface area contributed by atoms with Crippen molar-refractivity contribution in [2.45, 2.75) is 0 Å². The van der Waals surface area contributed by atoms with E-state index in [-0.39, 0.29) is 12.7 Å². The Morgan fingerprint density at radius 2 is 1.72 bits per heavy atom. The van der Waals surface area contributed by atoms with Crippen LogP contribution in [0.25, 0.3) is 0 Å². The topological polar surface area (TPSA) is 86.2 Å². The van der Waals surface area contributed by atoms with E-state index in [0.717, 1.165) is 0 Å². The van der Waals surface area contributed by atoms with Gasteiger partial charge in [-0.2, -0.15) is 5.10 Å². The number of ether oxygens (including phenoxy) is 3. The molecular formula is C22H16N2O5. The van der Waals surface area contributed by atoms with E-state index < -0.39 is 5.97 Å². The molecule has 0 aromatic heterocycles. The lowest BCUT2D eigenvalue weighted by atomic mass is 10.2. The first-order chi connectivity index (χ1) is 14.2. The van der Waals surface area contributed by atoms with E-state index in [0.29, 0.717) is 33.9 Å². The van der Waals surface area contributed by atoms with Crippen molar-refractivity contribution in [3.8, 4) is 17.2 Å². The van der Waals surface area contributed by atoms with Gasteiger partial charge in [-0.1, -0.05) is 30.3 Å². The molecule has 4 rings (SSSR count). The summed E-state index contributed by atoms with van der Waals surface area (Å²) in [6.07, 6.45) is 1.47. The number of hydrazone groups is 1. The van der Waals surface area contributed by atoms with Gasteiger partial charge in [0, 0.05) is 5.56 Å². The molecule has 0 saturated heterocycles. The Kier molecular flexibility index (Phi) is 5.20. The van der Waals surface area contributed by atoms with Crippen LogP contribution in [0.15, 0.2) is 77.9 Å². The van der Waals surface area contributed by atoms with Crippen LogP contribution in [-0.4, -0.2) is 24.9 Å². The van der Waals surface area contributed by atoms with Gasteiger partial charge in [0.05, 0.1) is 11.8 Å². The van der Waals surface area contributed by atoms with Gasteiger partial charge in [0.15, 0.2) is 11.5 Å². The van der Waals surface area contributed by atoms with E-state index in [2.05, 4.69) is 10.5 Å². The number of rotatable bonds is 5. The molecule has 7 heteroatoms. The molecule has 1 heterocycles. The third-order valence-electron chi connectivity index (χ3n) is 4.09. The summed E-state index contributed by atoms with van der Waals surface area (Å²) in [5, 5.41) is 3.94. The van der Waals surface area contributed by atoms with Crippen molar-refractivity contribution in [1.82, 2.24) is 5.43 Å². The monoisotopic (exact) mass is 388 g/mol. The van der Waals surface area contributed by atoms with Gasteiger partial charge in [-0.05, 0) is 48.0 Å². The predicted molar refractivity (Wildman–Crippen MR) is 105 cm³/mol. The van der Waals surface area contributed by atoms with E-state index in [1.807, 2.05) is 6.07 Å². The molecule has 1 N–H and O–H groups in total. The van der Waals surface area contributed by atoms with E-state index in [9.17, 15) is 9.59 Å². The van der Waals surface area contributed by atoms with Gasteiger partial charge in [-0.3, -0.25) is 4.79 Å². The smallest absolute Gasteiger partial charge is 0.343 e. The molecule has 0 saturated carbocycles. The number of benzene rings is 3. The second-order valence-electron chi connectivity index (χ2n) is 6.10. The first-order valence-corrected chi connectivity index (χ1v) is 8.79. The number of hydrogen-bond acceptors (Lipinski definition) is 6. The predicted octanol–water partition coefficient (Wildman–Crippen LogP) is 3.40. The summed E-state index contributed by atoms with van der Waals surface area (Å²) in [5.74, 6) is 0.625. The Labute approximate surface area is 166 Å². The van der Waals surface area contributed by atoms with Gasteiger partial charge in [-0.15, -0.1) is 0 Å². The molecule has 0 spiro atoms. The van der Waals surface area contributed by atoms with Gasteiger partial charge in [0.1, 0.15) is 5.75 Å². The fourth-order valence-corrected chi connectivity index (χ4v) is 2.67. The van der Waals surface area contributed by atoms with Crippen molar-refractivity contribution in [3.63, 3.8) is 0 Å². The van der Waals surface area contributed by atoms with E-state index in [4.69, 9.17) is 14.2 Å². The Morgan fingerprint density at radius 3 is 2.59 bits per heavy atom. The molecule has 7 nitrogen and oxygen atoms in total. The molecule has 3 aromatic rings. The molecule has 144 valence electrons. The molecule has 0 bridgehead atoms. The second kappa shape index (κ2) is 8.26. The molecule has 0 atom stereocenters. The minimum absolute atomic E-state index is 0.135. The average molecular weight is 388 g/mol. The third kappa shape index (κ3) is 4.41. The maximum Gasteiger partial charge on any atom is 0.343 e. The maximum atomic E-state index is 12.4. The second-order valence-corrected chi connectivity index (χ2v) is 6.10. The van der Waals surface area contributed by atoms with Gasteiger partial charge in [0.25, 0.3) is 5.91 Å². The van der Waals surface area contributed by atoms with Crippen molar-refractivity contribution >= 4 is 18.1 Å². The highest BCUT2D eigenvalue weighted by molar-refractivity contribution is 5.95. The van der Waals surface area contributed by atoms with Crippen LogP contribution >= 0.6 is 0 Å².